The first-order valence-corrected chi connectivity index (χ1v) is 10.5. The van der Waals surface area contributed by atoms with Crippen molar-refractivity contribution in [3.63, 3.8) is 0 Å². The molecule has 0 radical (unpaired) electrons. The molecule has 0 unspecified atom stereocenters. The van der Waals surface area contributed by atoms with Gasteiger partial charge in [-0.2, -0.15) is 5.10 Å². The maximum atomic E-state index is 14.1. The van der Waals surface area contributed by atoms with Crippen molar-refractivity contribution in [3.05, 3.63) is 83.4 Å². The van der Waals surface area contributed by atoms with Gasteiger partial charge in [-0.25, -0.2) is 9.07 Å². The third kappa shape index (κ3) is 4.95. The summed E-state index contributed by atoms with van der Waals surface area (Å²) in [4.78, 5) is 4.69. The molecule has 1 N–H and O–H groups in total. The summed E-state index contributed by atoms with van der Waals surface area (Å²) in [6, 6.07) is 15.5. The van der Waals surface area contributed by atoms with Crippen LogP contribution in [0.1, 0.15) is 23.1 Å². The molecule has 1 aliphatic heterocycles. The van der Waals surface area contributed by atoms with E-state index in [1.165, 1.54) is 17.2 Å². The summed E-state index contributed by atoms with van der Waals surface area (Å²) >= 11 is 0. The number of halogens is 1. The molecule has 4 rings (SSSR count). The van der Waals surface area contributed by atoms with Crippen LogP contribution in [0.15, 0.2) is 60.9 Å². The number of aromatic nitrogens is 2. The molecule has 2 heterocycles. The minimum Gasteiger partial charge on any atom is -0.396 e. The first-order valence-electron chi connectivity index (χ1n) is 10.5. The highest BCUT2D eigenvalue weighted by Crippen LogP contribution is 2.20. The van der Waals surface area contributed by atoms with E-state index < -0.39 is 0 Å². The van der Waals surface area contributed by atoms with Crippen LogP contribution >= 0.6 is 0 Å². The smallest absolute Gasteiger partial charge is 0.127 e. The van der Waals surface area contributed by atoms with Gasteiger partial charge in [-0.05, 0) is 31.5 Å². The van der Waals surface area contributed by atoms with E-state index in [4.69, 9.17) is 0 Å². The van der Waals surface area contributed by atoms with Crippen molar-refractivity contribution in [1.82, 2.24) is 19.6 Å². The average Bonchev–Trinajstić information content (AvgIpc) is 3.20. The van der Waals surface area contributed by atoms with Gasteiger partial charge in [0.1, 0.15) is 5.82 Å². The fourth-order valence-electron chi connectivity index (χ4n) is 4.12. The Morgan fingerprint density at radius 1 is 1.07 bits per heavy atom. The van der Waals surface area contributed by atoms with Crippen molar-refractivity contribution in [3.8, 4) is 5.69 Å². The number of aliphatic hydroxyl groups is 1. The topological polar surface area (TPSA) is 44.5 Å². The molecule has 158 valence electrons. The van der Waals surface area contributed by atoms with Crippen molar-refractivity contribution in [1.29, 1.82) is 0 Å². The van der Waals surface area contributed by atoms with E-state index in [2.05, 4.69) is 52.3 Å². The Hall–Kier alpha value is -2.54. The molecular formula is C24H29FN4O. The monoisotopic (exact) mass is 408 g/mol. The maximum absolute atomic E-state index is 14.1. The average molecular weight is 409 g/mol. The highest BCUT2D eigenvalue weighted by Gasteiger charge is 2.27. The van der Waals surface area contributed by atoms with E-state index in [9.17, 15) is 9.50 Å². The predicted octanol–water partition coefficient (Wildman–Crippen LogP) is 3.39. The molecule has 1 atom stereocenters. The van der Waals surface area contributed by atoms with Crippen molar-refractivity contribution in [2.45, 2.75) is 32.5 Å². The third-order valence-electron chi connectivity index (χ3n) is 5.82. The van der Waals surface area contributed by atoms with E-state index in [0.29, 0.717) is 18.5 Å². The summed E-state index contributed by atoms with van der Waals surface area (Å²) in [5, 5.41) is 14.1. The zero-order valence-corrected chi connectivity index (χ0v) is 17.4. The predicted molar refractivity (Wildman–Crippen MR) is 116 cm³/mol. The summed E-state index contributed by atoms with van der Waals surface area (Å²) < 4.78 is 16.0. The fourth-order valence-corrected chi connectivity index (χ4v) is 4.12. The molecule has 0 amide bonds. The van der Waals surface area contributed by atoms with Gasteiger partial charge in [0.25, 0.3) is 0 Å². The molecule has 1 saturated heterocycles. The summed E-state index contributed by atoms with van der Waals surface area (Å²) in [6.45, 7) is 6.23. The number of benzene rings is 2. The Morgan fingerprint density at radius 2 is 1.87 bits per heavy atom. The molecule has 0 aliphatic carbocycles. The van der Waals surface area contributed by atoms with Crippen LogP contribution in [-0.4, -0.2) is 57.0 Å². The lowest BCUT2D eigenvalue weighted by Gasteiger charge is -2.41. The Kier molecular flexibility index (Phi) is 6.57. The summed E-state index contributed by atoms with van der Waals surface area (Å²) in [5.41, 5.74) is 4.17. The molecular weight excluding hydrogens is 379 g/mol. The van der Waals surface area contributed by atoms with Crippen LogP contribution in [0.4, 0.5) is 4.39 Å². The van der Waals surface area contributed by atoms with Crippen molar-refractivity contribution in [2.24, 2.45) is 0 Å². The molecule has 0 saturated carbocycles. The summed E-state index contributed by atoms with van der Waals surface area (Å²) in [6.07, 6.45) is 4.69. The number of piperazine rings is 1. The van der Waals surface area contributed by atoms with Crippen LogP contribution in [-0.2, 0) is 13.1 Å². The van der Waals surface area contributed by atoms with Crippen LogP contribution in [0, 0.1) is 12.7 Å². The van der Waals surface area contributed by atoms with Crippen molar-refractivity contribution < 1.29 is 9.50 Å². The van der Waals surface area contributed by atoms with Gasteiger partial charge in [-0.3, -0.25) is 9.80 Å². The first-order chi connectivity index (χ1) is 14.6. The number of hydrogen-bond donors (Lipinski definition) is 1. The Labute approximate surface area is 177 Å². The van der Waals surface area contributed by atoms with E-state index in [0.717, 1.165) is 31.9 Å². The van der Waals surface area contributed by atoms with Gasteiger partial charge in [0, 0.05) is 62.7 Å². The molecule has 1 aliphatic rings. The van der Waals surface area contributed by atoms with Crippen LogP contribution < -0.4 is 0 Å². The van der Waals surface area contributed by atoms with Crippen LogP contribution in [0.5, 0.6) is 0 Å². The molecule has 0 spiro atoms. The van der Waals surface area contributed by atoms with Gasteiger partial charge in [0.05, 0.1) is 11.9 Å². The lowest BCUT2D eigenvalue weighted by Crippen LogP contribution is -2.52. The van der Waals surface area contributed by atoms with Crippen LogP contribution in [0.2, 0.25) is 0 Å². The zero-order valence-electron chi connectivity index (χ0n) is 17.4. The molecule has 3 aromatic rings. The Morgan fingerprint density at radius 3 is 2.63 bits per heavy atom. The van der Waals surface area contributed by atoms with Gasteiger partial charge >= 0.3 is 0 Å². The lowest BCUT2D eigenvalue weighted by molar-refractivity contribution is 0.0493. The molecule has 1 fully saturated rings. The quantitative estimate of drug-likeness (QED) is 0.651. The molecule has 1 aromatic heterocycles. The van der Waals surface area contributed by atoms with Gasteiger partial charge in [-0.15, -0.1) is 0 Å². The molecule has 5 nitrogen and oxygen atoms in total. The van der Waals surface area contributed by atoms with E-state index in [1.54, 1.807) is 6.07 Å². The lowest BCUT2D eigenvalue weighted by atomic mass is 10.1. The van der Waals surface area contributed by atoms with Crippen LogP contribution in [0.25, 0.3) is 5.69 Å². The van der Waals surface area contributed by atoms with Gasteiger partial charge in [-0.1, -0.05) is 35.9 Å². The first kappa shape index (κ1) is 20.7. The minimum absolute atomic E-state index is 0.137. The molecule has 0 bridgehead atoms. The standard InChI is InChI=1S/C24H29FN4O/c1-19-6-8-22(9-7-19)29-16-20(14-26-29)15-27-11-12-28(23(18-27)10-13-30)17-21-4-2-3-5-24(21)25/h2-9,14,16,23,30H,10-13,15,17-18H2,1H3/t23-/m0/s1. The minimum atomic E-state index is -0.161. The van der Waals surface area contributed by atoms with E-state index in [-0.39, 0.29) is 18.5 Å². The van der Waals surface area contributed by atoms with Gasteiger partial charge in [0.15, 0.2) is 0 Å². The van der Waals surface area contributed by atoms with Crippen molar-refractivity contribution in [2.75, 3.05) is 26.2 Å². The normalized spacial score (nSPS) is 18.0. The zero-order chi connectivity index (χ0) is 20.9. The second kappa shape index (κ2) is 9.51. The summed E-state index contributed by atoms with van der Waals surface area (Å²) in [7, 11) is 0. The van der Waals surface area contributed by atoms with Crippen molar-refractivity contribution >= 4 is 0 Å². The van der Waals surface area contributed by atoms with Gasteiger partial charge in [0.2, 0.25) is 0 Å². The molecule has 6 heteroatoms. The third-order valence-corrected chi connectivity index (χ3v) is 5.82. The number of aryl methyl sites for hydroxylation is 1. The SMILES string of the molecule is Cc1ccc(-n2cc(CN3CCN(Cc4ccccc4F)[C@@H](CCO)C3)cn2)cc1. The number of aliphatic hydroxyl groups excluding tert-OH is 1. The largest absolute Gasteiger partial charge is 0.396 e. The van der Waals surface area contributed by atoms with E-state index in [1.807, 2.05) is 23.0 Å². The second-order valence-electron chi connectivity index (χ2n) is 8.09. The fraction of sp³-hybridized carbons (Fsp3) is 0.375. The van der Waals surface area contributed by atoms with Crippen LogP contribution in [0.3, 0.4) is 0 Å². The van der Waals surface area contributed by atoms with Gasteiger partial charge < -0.3 is 5.11 Å². The summed E-state index contributed by atoms with van der Waals surface area (Å²) in [5.74, 6) is -0.161. The molecule has 2 aromatic carbocycles. The highest BCUT2D eigenvalue weighted by atomic mass is 19.1. The number of nitrogens with zero attached hydrogens (tertiary/aromatic N) is 4. The second-order valence-corrected chi connectivity index (χ2v) is 8.09. The maximum Gasteiger partial charge on any atom is 0.127 e. The Balaban J connectivity index is 1.39. The molecule has 30 heavy (non-hydrogen) atoms. The number of hydrogen-bond acceptors (Lipinski definition) is 4. The Bertz CT molecular complexity index is 956. The van der Waals surface area contributed by atoms with E-state index >= 15 is 0 Å². The highest BCUT2D eigenvalue weighted by molar-refractivity contribution is 5.34. The number of rotatable bonds is 7.